The summed E-state index contributed by atoms with van der Waals surface area (Å²) >= 11 is 0. The van der Waals surface area contributed by atoms with Gasteiger partial charge in [0.2, 0.25) is 23.6 Å². The summed E-state index contributed by atoms with van der Waals surface area (Å²) < 4.78 is 16.6. The Labute approximate surface area is 243 Å². The minimum atomic E-state index is -1.05. The van der Waals surface area contributed by atoms with Gasteiger partial charge in [0.25, 0.3) is 0 Å². The van der Waals surface area contributed by atoms with E-state index in [0.717, 1.165) is 17.7 Å². The van der Waals surface area contributed by atoms with E-state index in [4.69, 9.17) is 14.2 Å². The number of aliphatic hydroxyl groups is 1. The van der Waals surface area contributed by atoms with Crippen LogP contribution in [0, 0.1) is 0 Å². The second kappa shape index (κ2) is 12.0. The second-order valence-corrected chi connectivity index (χ2v) is 11.4. The molecule has 14 heteroatoms. The van der Waals surface area contributed by atoms with Gasteiger partial charge in [0.1, 0.15) is 32.5 Å². The van der Waals surface area contributed by atoms with Crippen molar-refractivity contribution in [1.29, 1.82) is 0 Å². The van der Waals surface area contributed by atoms with Crippen LogP contribution in [0.1, 0.15) is 30.4 Å². The van der Waals surface area contributed by atoms with E-state index < -0.39 is 40.9 Å². The van der Waals surface area contributed by atoms with Crippen molar-refractivity contribution < 1.29 is 43.6 Å². The largest absolute Gasteiger partial charge is 0.504 e. The van der Waals surface area contributed by atoms with Crippen LogP contribution in [-0.2, 0) is 40.5 Å². The molecule has 1 saturated heterocycles. The molecule has 230 valence electrons. The number of phenolic OH excluding ortho intramolecular Hbond substituents is 1. The van der Waals surface area contributed by atoms with Crippen molar-refractivity contribution in [2.75, 3.05) is 60.2 Å². The zero-order chi connectivity index (χ0) is 30.1. The van der Waals surface area contributed by atoms with Crippen LogP contribution in [0.25, 0.3) is 0 Å². The molecule has 2 heterocycles. The molecule has 2 aliphatic heterocycles. The SMILES string of the molecule is CNC(=O)COCC(=O)NCCNC(=O)COCC(=O)N[C@H]1CC[C@@]2(O)[C@H]3Cc4ccc(O)c5c4[C@@]2(CCN3C)[C@H]1O5. The molecule has 0 radical (unpaired) electrons. The highest BCUT2D eigenvalue weighted by atomic mass is 16.5. The molecule has 5 atom stereocenters. The van der Waals surface area contributed by atoms with Gasteiger partial charge in [-0.15, -0.1) is 0 Å². The Hall–Kier alpha value is -3.46. The first kappa shape index (κ1) is 30.0. The number of rotatable bonds is 12. The number of nitrogens with zero attached hydrogens (tertiary/aromatic N) is 1. The number of amides is 4. The monoisotopic (exact) mass is 589 g/mol. The third-order valence-electron chi connectivity index (χ3n) is 9.06. The topological polar surface area (TPSA) is 188 Å². The molecule has 2 bridgehead atoms. The maximum atomic E-state index is 12.8. The number of phenols is 1. The second-order valence-electron chi connectivity index (χ2n) is 11.4. The molecular weight excluding hydrogens is 550 g/mol. The number of likely N-dealkylation sites (N-methyl/N-ethyl adjacent to an activating group) is 2. The van der Waals surface area contributed by atoms with Crippen molar-refractivity contribution >= 4 is 23.6 Å². The standard InChI is InChI=1S/C28H39N5O9/c1-29-20(35)12-40-13-21(36)30-8-9-31-22(37)14-41-15-23(38)32-17-5-6-28(39)19-11-16-3-4-18(34)25-24(16)27(28,26(17)42-25)7-10-33(19)2/h3-4,17,19,26,34,39H,5-15H2,1-2H3,(H,29,35)(H,30,36)(H,31,37)(H,32,38)/t17-,19+,26-,27-,28+/m0/s1. The fraction of sp³-hybridized carbons (Fsp3) is 0.643. The molecule has 6 N–H and O–H groups in total. The van der Waals surface area contributed by atoms with Crippen LogP contribution in [0.4, 0.5) is 0 Å². The van der Waals surface area contributed by atoms with Crippen molar-refractivity contribution in [1.82, 2.24) is 26.2 Å². The van der Waals surface area contributed by atoms with E-state index in [0.29, 0.717) is 31.4 Å². The molecule has 2 aliphatic carbocycles. The van der Waals surface area contributed by atoms with Crippen LogP contribution in [-0.4, -0.2) is 123 Å². The summed E-state index contributed by atoms with van der Waals surface area (Å²) in [6.07, 6.45) is 1.72. The van der Waals surface area contributed by atoms with Crippen molar-refractivity contribution in [2.45, 2.75) is 54.9 Å². The molecule has 2 fully saturated rings. The summed E-state index contributed by atoms with van der Waals surface area (Å²) in [7, 11) is 3.49. The first-order chi connectivity index (χ1) is 20.1. The van der Waals surface area contributed by atoms with E-state index in [9.17, 15) is 29.4 Å². The first-order valence-corrected chi connectivity index (χ1v) is 14.2. The first-order valence-electron chi connectivity index (χ1n) is 14.2. The van der Waals surface area contributed by atoms with E-state index >= 15 is 0 Å². The number of aromatic hydroxyl groups is 1. The Morgan fingerprint density at radius 2 is 1.64 bits per heavy atom. The molecule has 0 unspecified atom stereocenters. The third kappa shape index (κ3) is 5.27. The van der Waals surface area contributed by atoms with Gasteiger partial charge in [0, 0.05) is 31.7 Å². The third-order valence-corrected chi connectivity index (χ3v) is 9.06. The van der Waals surface area contributed by atoms with Gasteiger partial charge in [0.05, 0.1) is 17.1 Å². The lowest BCUT2D eigenvalue weighted by atomic mass is 9.48. The van der Waals surface area contributed by atoms with E-state index in [1.807, 2.05) is 13.1 Å². The van der Waals surface area contributed by atoms with Crippen molar-refractivity contribution in [2.24, 2.45) is 0 Å². The van der Waals surface area contributed by atoms with Gasteiger partial charge >= 0.3 is 0 Å². The number of hydrogen-bond donors (Lipinski definition) is 6. The van der Waals surface area contributed by atoms with E-state index in [-0.39, 0.29) is 57.2 Å². The number of carbonyl (C=O) groups is 4. The molecule has 1 saturated carbocycles. The fourth-order valence-corrected chi connectivity index (χ4v) is 7.20. The summed E-state index contributed by atoms with van der Waals surface area (Å²) in [5, 5.41) is 33.3. The summed E-state index contributed by atoms with van der Waals surface area (Å²) in [5.41, 5.74) is 0.138. The molecule has 1 spiro atoms. The van der Waals surface area contributed by atoms with E-state index in [2.05, 4.69) is 26.2 Å². The van der Waals surface area contributed by atoms with E-state index in [1.165, 1.54) is 7.05 Å². The van der Waals surface area contributed by atoms with Crippen LogP contribution in [0.15, 0.2) is 12.1 Å². The molecule has 14 nitrogen and oxygen atoms in total. The van der Waals surface area contributed by atoms with Crippen LogP contribution in [0.2, 0.25) is 0 Å². The van der Waals surface area contributed by atoms with E-state index in [1.54, 1.807) is 6.07 Å². The highest BCUT2D eigenvalue weighted by Gasteiger charge is 2.72. The number of likely N-dealkylation sites (tertiary alicyclic amines) is 1. The molecule has 0 aromatic heterocycles. The maximum absolute atomic E-state index is 12.8. The molecule has 5 rings (SSSR count). The van der Waals surface area contributed by atoms with Gasteiger partial charge in [-0.2, -0.15) is 0 Å². The van der Waals surface area contributed by atoms with Crippen molar-refractivity contribution in [3.63, 3.8) is 0 Å². The smallest absolute Gasteiger partial charge is 0.246 e. The highest BCUT2D eigenvalue weighted by molar-refractivity contribution is 5.81. The number of piperidine rings is 1. The summed E-state index contributed by atoms with van der Waals surface area (Å²) in [5.74, 6) is -1.20. The number of carbonyl (C=O) groups excluding carboxylic acids is 4. The molecule has 4 amide bonds. The Morgan fingerprint density at radius 1 is 1.00 bits per heavy atom. The van der Waals surface area contributed by atoms with Crippen LogP contribution in [0.5, 0.6) is 11.5 Å². The maximum Gasteiger partial charge on any atom is 0.246 e. The lowest BCUT2D eigenvalue weighted by Gasteiger charge is -2.63. The minimum Gasteiger partial charge on any atom is -0.504 e. The van der Waals surface area contributed by atoms with Crippen molar-refractivity contribution in [3.05, 3.63) is 23.3 Å². The normalized spacial score (nSPS) is 28.7. The van der Waals surface area contributed by atoms with Gasteiger partial charge < -0.3 is 50.6 Å². The number of hydrogen-bond acceptors (Lipinski definition) is 10. The number of ether oxygens (including phenoxy) is 3. The van der Waals surface area contributed by atoms with Crippen LogP contribution < -0.4 is 26.0 Å². The number of nitrogens with one attached hydrogen (secondary N) is 4. The highest BCUT2D eigenvalue weighted by Crippen LogP contribution is 2.65. The van der Waals surface area contributed by atoms with Gasteiger partial charge in [-0.3, -0.25) is 19.2 Å². The van der Waals surface area contributed by atoms with Crippen LogP contribution in [0.3, 0.4) is 0 Å². The predicted molar refractivity (Wildman–Crippen MR) is 147 cm³/mol. The van der Waals surface area contributed by atoms with Gasteiger partial charge in [-0.1, -0.05) is 6.07 Å². The Bertz CT molecular complexity index is 1240. The molecule has 4 aliphatic rings. The lowest BCUT2D eigenvalue weighted by molar-refractivity contribution is -0.187. The number of benzene rings is 1. The average molecular weight is 590 g/mol. The van der Waals surface area contributed by atoms with Gasteiger partial charge in [-0.25, -0.2) is 0 Å². The summed E-state index contributed by atoms with van der Waals surface area (Å²) in [6.45, 7) is -0.132. The predicted octanol–water partition coefficient (Wildman–Crippen LogP) is -2.33. The summed E-state index contributed by atoms with van der Waals surface area (Å²) in [4.78, 5) is 49.8. The van der Waals surface area contributed by atoms with Crippen molar-refractivity contribution in [3.8, 4) is 11.5 Å². The average Bonchev–Trinajstić information content (AvgIpc) is 3.32. The lowest BCUT2D eigenvalue weighted by Crippen LogP contribution is -2.77. The zero-order valence-corrected chi connectivity index (χ0v) is 23.9. The Balaban J connectivity index is 1.09. The Morgan fingerprint density at radius 3 is 2.31 bits per heavy atom. The molecule has 1 aromatic carbocycles. The Kier molecular flexibility index (Phi) is 8.60. The van der Waals surface area contributed by atoms with Gasteiger partial charge in [-0.05, 0) is 50.9 Å². The summed E-state index contributed by atoms with van der Waals surface area (Å²) in [6, 6.07) is 3.04. The molecule has 1 aromatic rings. The fourth-order valence-electron chi connectivity index (χ4n) is 7.20. The molecular formula is C28H39N5O9. The van der Waals surface area contributed by atoms with Crippen LogP contribution >= 0.6 is 0 Å². The minimum absolute atomic E-state index is 0.0330. The molecule has 42 heavy (non-hydrogen) atoms. The van der Waals surface area contributed by atoms with Gasteiger partial charge in [0.15, 0.2) is 11.5 Å². The quantitative estimate of drug-likeness (QED) is 0.144. The zero-order valence-electron chi connectivity index (χ0n) is 23.9.